The van der Waals surface area contributed by atoms with Gasteiger partial charge in [0.15, 0.2) is 0 Å². The highest BCUT2D eigenvalue weighted by Crippen LogP contribution is 2.21. The molecular weight excluding hydrogens is 349 g/mol. The lowest BCUT2D eigenvalue weighted by Crippen LogP contribution is -2.51. The van der Waals surface area contributed by atoms with Crippen molar-refractivity contribution in [3.05, 3.63) is 30.1 Å². The van der Waals surface area contributed by atoms with E-state index in [1.54, 1.807) is 17.0 Å². The maximum Gasteiger partial charge on any atom is 0.253 e. The number of ether oxygens (including phenoxy) is 1. The normalized spacial score (nSPS) is 21.3. The largest absolute Gasteiger partial charge is 0.366 e. The van der Waals surface area contributed by atoms with Gasteiger partial charge in [0, 0.05) is 37.8 Å². The van der Waals surface area contributed by atoms with E-state index in [1.165, 1.54) is 12.1 Å². The molecule has 2 aliphatic heterocycles. The van der Waals surface area contributed by atoms with E-state index in [-0.39, 0.29) is 36.0 Å². The van der Waals surface area contributed by atoms with Gasteiger partial charge in [-0.2, -0.15) is 0 Å². The molecule has 2 aliphatic rings. The van der Waals surface area contributed by atoms with Crippen LogP contribution in [0, 0.1) is 11.7 Å². The smallest absolute Gasteiger partial charge is 0.253 e. The molecule has 1 atom stereocenters. The first-order valence-electron chi connectivity index (χ1n) is 8.31. The fourth-order valence-corrected chi connectivity index (χ4v) is 3.07. The number of anilines is 1. The summed E-state index contributed by atoms with van der Waals surface area (Å²) in [6, 6.07) is 5.71. The lowest BCUT2D eigenvalue weighted by atomic mass is 9.95. The van der Waals surface area contributed by atoms with Gasteiger partial charge in [-0.1, -0.05) is 0 Å². The molecule has 0 radical (unpaired) electrons. The van der Waals surface area contributed by atoms with Crippen LogP contribution in [0.3, 0.4) is 0 Å². The minimum atomic E-state index is -0.414. The number of likely N-dealkylation sites (tertiary alicyclic amines) is 1. The second kappa shape index (κ2) is 9.12. The molecule has 2 N–H and O–H groups in total. The molecule has 2 heterocycles. The molecule has 0 saturated carbocycles. The van der Waals surface area contributed by atoms with Crippen LogP contribution >= 0.6 is 12.4 Å². The van der Waals surface area contributed by atoms with Crippen LogP contribution in [-0.4, -0.2) is 55.6 Å². The van der Waals surface area contributed by atoms with Crippen LogP contribution in [0.4, 0.5) is 10.1 Å². The van der Waals surface area contributed by atoms with Crippen LogP contribution in [0.15, 0.2) is 24.3 Å². The molecule has 3 rings (SSSR count). The molecule has 1 unspecified atom stereocenters. The first-order valence-corrected chi connectivity index (χ1v) is 8.31. The Hall–Kier alpha value is -1.70. The summed E-state index contributed by atoms with van der Waals surface area (Å²) in [5, 5.41) is 5.95. The van der Waals surface area contributed by atoms with Gasteiger partial charge in [-0.3, -0.25) is 9.59 Å². The number of hydrogen-bond acceptors (Lipinski definition) is 4. The van der Waals surface area contributed by atoms with E-state index in [0.29, 0.717) is 44.8 Å². The average molecular weight is 372 g/mol. The Morgan fingerprint density at radius 3 is 2.48 bits per heavy atom. The van der Waals surface area contributed by atoms with Gasteiger partial charge in [0.25, 0.3) is 5.91 Å². The van der Waals surface area contributed by atoms with Gasteiger partial charge in [-0.15, -0.1) is 12.4 Å². The average Bonchev–Trinajstić information content (AvgIpc) is 2.64. The summed E-state index contributed by atoms with van der Waals surface area (Å²) in [6.07, 6.45) is 0.834. The Bertz CT molecular complexity index is 585. The quantitative estimate of drug-likeness (QED) is 0.843. The molecule has 0 bridgehead atoms. The molecule has 2 fully saturated rings. The van der Waals surface area contributed by atoms with E-state index in [9.17, 15) is 14.0 Å². The summed E-state index contributed by atoms with van der Waals surface area (Å²) in [5.74, 6) is -0.548. The Kier molecular flexibility index (Phi) is 7.16. The van der Waals surface area contributed by atoms with Crippen LogP contribution in [0.5, 0.6) is 0 Å². The highest BCUT2D eigenvalue weighted by molar-refractivity contribution is 5.92. The fraction of sp³-hybridized carbons (Fsp3) is 0.529. The lowest BCUT2D eigenvalue weighted by Gasteiger charge is -2.34. The number of halogens is 2. The Morgan fingerprint density at radius 2 is 1.88 bits per heavy atom. The summed E-state index contributed by atoms with van der Waals surface area (Å²) in [7, 11) is 0. The van der Waals surface area contributed by atoms with E-state index in [4.69, 9.17) is 4.74 Å². The number of morpholine rings is 1. The lowest BCUT2D eigenvalue weighted by molar-refractivity contribution is -0.147. The van der Waals surface area contributed by atoms with Crippen molar-refractivity contribution in [2.75, 3.05) is 38.1 Å². The van der Waals surface area contributed by atoms with Gasteiger partial charge in [-0.25, -0.2) is 4.39 Å². The Balaban J connectivity index is 0.00000225. The van der Waals surface area contributed by atoms with Crippen molar-refractivity contribution in [3.8, 4) is 0 Å². The molecule has 6 nitrogen and oxygen atoms in total. The van der Waals surface area contributed by atoms with Crippen molar-refractivity contribution in [3.63, 3.8) is 0 Å². The molecule has 2 saturated heterocycles. The highest BCUT2D eigenvalue weighted by atomic mass is 35.5. The maximum atomic E-state index is 12.9. The number of carbonyl (C=O) groups excluding carboxylic acids is 2. The number of carbonyl (C=O) groups is 2. The van der Waals surface area contributed by atoms with Crippen molar-refractivity contribution in [2.24, 2.45) is 5.92 Å². The third-order valence-corrected chi connectivity index (χ3v) is 4.49. The molecule has 0 spiro atoms. The van der Waals surface area contributed by atoms with Gasteiger partial charge in [0.05, 0.1) is 6.61 Å². The second-order valence-corrected chi connectivity index (χ2v) is 6.16. The molecule has 1 aromatic rings. The number of rotatable bonds is 3. The molecule has 138 valence electrons. The van der Waals surface area contributed by atoms with Crippen molar-refractivity contribution >= 4 is 29.9 Å². The monoisotopic (exact) mass is 371 g/mol. The molecule has 0 aromatic heterocycles. The number of hydrogen-bond donors (Lipinski definition) is 2. The van der Waals surface area contributed by atoms with Crippen molar-refractivity contribution in [1.29, 1.82) is 0 Å². The topological polar surface area (TPSA) is 70.7 Å². The first kappa shape index (κ1) is 19.6. The van der Waals surface area contributed by atoms with E-state index in [2.05, 4.69) is 10.6 Å². The van der Waals surface area contributed by atoms with Crippen molar-refractivity contribution in [2.45, 2.75) is 18.9 Å². The van der Waals surface area contributed by atoms with Gasteiger partial charge < -0.3 is 20.3 Å². The molecule has 0 aliphatic carbocycles. The van der Waals surface area contributed by atoms with Gasteiger partial charge in [0.2, 0.25) is 5.91 Å². The Labute approximate surface area is 152 Å². The minimum Gasteiger partial charge on any atom is -0.366 e. The maximum absolute atomic E-state index is 12.9. The molecular formula is C17H23ClFN3O3. The first-order chi connectivity index (χ1) is 11.6. The third kappa shape index (κ3) is 5.14. The number of nitrogens with zero attached hydrogens (tertiary/aromatic N) is 1. The number of benzene rings is 1. The zero-order valence-corrected chi connectivity index (χ0v) is 14.7. The second-order valence-electron chi connectivity index (χ2n) is 6.16. The summed E-state index contributed by atoms with van der Waals surface area (Å²) in [4.78, 5) is 26.4. The summed E-state index contributed by atoms with van der Waals surface area (Å²) in [5.41, 5.74) is 0.585. The van der Waals surface area contributed by atoms with Crippen LogP contribution in [0.1, 0.15) is 12.8 Å². The predicted octanol–water partition coefficient (Wildman–Crippen LogP) is 1.41. The fourth-order valence-electron chi connectivity index (χ4n) is 3.07. The van der Waals surface area contributed by atoms with Crippen LogP contribution in [-0.2, 0) is 14.3 Å². The van der Waals surface area contributed by atoms with Gasteiger partial charge >= 0.3 is 0 Å². The minimum absolute atomic E-state index is 0. The zero-order valence-electron chi connectivity index (χ0n) is 13.9. The summed E-state index contributed by atoms with van der Waals surface area (Å²) < 4.78 is 18.4. The summed E-state index contributed by atoms with van der Waals surface area (Å²) in [6.45, 7) is 2.98. The van der Waals surface area contributed by atoms with E-state index in [1.807, 2.05) is 0 Å². The number of piperidine rings is 1. The number of amides is 2. The summed E-state index contributed by atoms with van der Waals surface area (Å²) >= 11 is 0. The third-order valence-electron chi connectivity index (χ3n) is 4.49. The number of nitrogens with one attached hydrogen (secondary N) is 2. The van der Waals surface area contributed by atoms with Crippen LogP contribution in [0.25, 0.3) is 0 Å². The van der Waals surface area contributed by atoms with Gasteiger partial charge in [-0.05, 0) is 37.1 Å². The van der Waals surface area contributed by atoms with Crippen LogP contribution < -0.4 is 10.6 Å². The van der Waals surface area contributed by atoms with Crippen molar-refractivity contribution < 1.29 is 18.7 Å². The van der Waals surface area contributed by atoms with Gasteiger partial charge in [0.1, 0.15) is 11.9 Å². The standard InChI is InChI=1S/C17H22FN3O3.ClH/c18-13-1-3-14(4-2-13)20-16(22)12-5-8-21(9-6-12)17(23)15-11-19-7-10-24-15;/h1-4,12,15,19H,5-11H2,(H,20,22);1H. The van der Waals surface area contributed by atoms with E-state index < -0.39 is 6.10 Å². The molecule has 25 heavy (non-hydrogen) atoms. The van der Waals surface area contributed by atoms with E-state index >= 15 is 0 Å². The van der Waals surface area contributed by atoms with E-state index in [0.717, 1.165) is 6.54 Å². The van der Waals surface area contributed by atoms with Crippen LogP contribution in [0.2, 0.25) is 0 Å². The SMILES string of the molecule is Cl.O=C(Nc1ccc(F)cc1)C1CCN(C(=O)C2CNCCO2)CC1. The highest BCUT2D eigenvalue weighted by Gasteiger charge is 2.32. The van der Waals surface area contributed by atoms with Crippen molar-refractivity contribution in [1.82, 2.24) is 10.2 Å². The Morgan fingerprint density at radius 1 is 1.20 bits per heavy atom. The predicted molar refractivity (Wildman–Crippen MR) is 94.2 cm³/mol. The molecule has 1 aromatic carbocycles. The molecule has 8 heteroatoms. The molecule has 2 amide bonds. The zero-order chi connectivity index (χ0) is 16.9.